The summed E-state index contributed by atoms with van der Waals surface area (Å²) in [4.78, 5) is 2.00. The summed E-state index contributed by atoms with van der Waals surface area (Å²) >= 11 is 0. The molecule has 0 bridgehead atoms. The fraction of sp³-hybridized carbons (Fsp3) is 0.333. The monoisotopic (exact) mass is 286 g/mol. The molecule has 2 rings (SSSR count). The van der Waals surface area contributed by atoms with E-state index < -0.39 is 0 Å². The van der Waals surface area contributed by atoms with Gasteiger partial charge in [-0.3, -0.25) is 0 Å². The van der Waals surface area contributed by atoms with Crippen molar-refractivity contribution >= 4 is 11.4 Å². The Hall–Kier alpha value is -1.87. The van der Waals surface area contributed by atoms with Crippen LogP contribution in [-0.2, 0) is 6.54 Å². The van der Waals surface area contributed by atoms with Gasteiger partial charge in [0.1, 0.15) is 5.82 Å². The number of aryl methyl sites for hydroxylation is 1. The van der Waals surface area contributed by atoms with Crippen molar-refractivity contribution in [1.29, 1.82) is 0 Å². The minimum atomic E-state index is -0.186. The van der Waals surface area contributed by atoms with Crippen LogP contribution >= 0.6 is 0 Å². The second-order valence-corrected chi connectivity index (χ2v) is 5.09. The van der Waals surface area contributed by atoms with Gasteiger partial charge in [0.25, 0.3) is 0 Å². The highest BCUT2D eigenvalue weighted by atomic mass is 19.1. The van der Waals surface area contributed by atoms with Gasteiger partial charge in [-0.2, -0.15) is 0 Å². The lowest BCUT2D eigenvalue weighted by Crippen LogP contribution is -2.18. The number of nitrogens with zero attached hydrogens (tertiary/aromatic N) is 1. The van der Waals surface area contributed by atoms with Crippen LogP contribution in [0.1, 0.15) is 25.0 Å². The third-order valence-electron chi connectivity index (χ3n) is 3.66. The molecule has 0 saturated heterocycles. The SMILES string of the molecule is CCNCc1ccc(N(CC)c2ccccc2F)cc1C. The molecule has 1 N–H and O–H groups in total. The average Bonchev–Trinajstić information content (AvgIpc) is 2.49. The maximum atomic E-state index is 14.0. The summed E-state index contributed by atoms with van der Waals surface area (Å²) in [7, 11) is 0. The number of hydrogen-bond acceptors (Lipinski definition) is 2. The summed E-state index contributed by atoms with van der Waals surface area (Å²) in [5, 5.41) is 3.34. The van der Waals surface area contributed by atoms with Gasteiger partial charge in [-0.15, -0.1) is 0 Å². The first kappa shape index (κ1) is 15.5. The van der Waals surface area contributed by atoms with Crippen molar-refractivity contribution < 1.29 is 4.39 Å². The summed E-state index contributed by atoms with van der Waals surface area (Å²) in [5.74, 6) is -0.186. The van der Waals surface area contributed by atoms with Gasteiger partial charge < -0.3 is 10.2 Å². The van der Waals surface area contributed by atoms with Gasteiger partial charge in [0.05, 0.1) is 5.69 Å². The molecule has 0 saturated carbocycles. The molecule has 112 valence electrons. The Morgan fingerprint density at radius 3 is 2.48 bits per heavy atom. The minimum absolute atomic E-state index is 0.186. The number of hydrogen-bond donors (Lipinski definition) is 1. The molecule has 0 aliphatic heterocycles. The first-order chi connectivity index (χ1) is 10.2. The molecule has 0 spiro atoms. The van der Waals surface area contributed by atoms with Gasteiger partial charge >= 0.3 is 0 Å². The standard InChI is InChI=1S/C18H23FN2/c1-4-20-13-15-10-11-16(12-14(15)3)21(5-2)18-9-7-6-8-17(18)19/h6-12,20H,4-5,13H2,1-3H3. The van der Waals surface area contributed by atoms with Crippen molar-refractivity contribution in [2.45, 2.75) is 27.3 Å². The first-order valence-corrected chi connectivity index (χ1v) is 7.49. The Bertz CT molecular complexity index is 596. The molecule has 2 aromatic rings. The molecule has 2 nitrogen and oxygen atoms in total. The number of nitrogens with one attached hydrogen (secondary N) is 1. The fourth-order valence-electron chi connectivity index (χ4n) is 2.47. The molecule has 0 aromatic heterocycles. The molecule has 0 unspecified atom stereocenters. The molecule has 2 aromatic carbocycles. The highest BCUT2D eigenvalue weighted by Gasteiger charge is 2.12. The van der Waals surface area contributed by atoms with Crippen molar-refractivity contribution in [1.82, 2.24) is 5.32 Å². The first-order valence-electron chi connectivity index (χ1n) is 7.49. The van der Waals surface area contributed by atoms with Gasteiger partial charge in [0, 0.05) is 18.8 Å². The zero-order valence-corrected chi connectivity index (χ0v) is 13.0. The highest BCUT2D eigenvalue weighted by Crippen LogP contribution is 2.28. The van der Waals surface area contributed by atoms with Crippen molar-refractivity contribution in [3.63, 3.8) is 0 Å². The molecule has 3 heteroatoms. The molecule has 0 aliphatic rings. The quantitative estimate of drug-likeness (QED) is 0.846. The summed E-state index contributed by atoms with van der Waals surface area (Å²) in [6.45, 7) is 8.79. The van der Waals surface area contributed by atoms with Crippen LogP contribution in [0.25, 0.3) is 0 Å². The van der Waals surface area contributed by atoms with E-state index in [4.69, 9.17) is 0 Å². The molecule has 0 amide bonds. The number of para-hydroxylation sites is 1. The average molecular weight is 286 g/mol. The summed E-state index contributed by atoms with van der Waals surface area (Å²) in [5.41, 5.74) is 4.16. The van der Waals surface area contributed by atoms with E-state index in [9.17, 15) is 4.39 Å². The zero-order valence-electron chi connectivity index (χ0n) is 13.0. The Balaban J connectivity index is 2.31. The fourth-order valence-corrected chi connectivity index (χ4v) is 2.47. The molecule has 0 radical (unpaired) electrons. The Morgan fingerprint density at radius 1 is 1.10 bits per heavy atom. The Labute approximate surface area is 126 Å². The van der Waals surface area contributed by atoms with E-state index in [1.54, 1.807) is 6.07 Å². The largest absolute Gasteiger partial charge is 0.339 e. The minimum Gasteiger partial charge on any atom is -0.339 e. The number of benzene rings is 2. The van der Waals surface area contributed by atoms with Crippen LogP contribution in [0.4, 0.5) is 15.8 Å². The van der Waals surface area contributed by atoms with E-state index in [0.717, 1.165) is 25.3 Å². The normalized spacial score (nSPS) is 10.7. The van der Waals surface area contributed by atoms with Crippen LogP contribution in [0.15, 0.2) is 42.5 Å². The van der Waals surface area contributed by atoms with Gasteiger partial charge in [-0.05, 0) is 55.8 Å². The van der Waals surface area contributed by atoms with Crippen molar-refractivity contribution in [3.05, 3.63) is 59.4 Å². The van der Waals surface area contributed by atoms with Crippen LogP contribution in [0.5, 0.6) is 0 Å². The van der Waals surface area contributed by atoms with Crippen LogP contribution < -0.4 is 10.2 Å². The molecule has 0 heterocycles. The number of halogens is 1. The molecular weight excluding hydrogens is 263 g/mol. The highest BCUT2D eigenvalue weighted by molar-refractivity contribution is 5.64. The summed E-state index contributed by atoms with van der Waals surface area (Å²) < 4.78 is 14.0. The topological polar surface area (TPSA) is 15.3 Å². The second kappa shape index (κ2) is 7.23. The third-order valence-corrected chi connectivity index (χ3v) is 3.66. The Kier molecular flexibility index (Phi) is 5.34. The van der Waals surface area contributed by atoms with Crippen LogP contribution in [0.2, 0.25) is 0 Å². The van der Waals surface area contributed by atoms with Gasteiger partial charge in [-0.25, -0.2) is 4.39 Å². The summed E-state index contributed by atoms with van der Waals surface area (Å²) in [6.07, 6.45) is 0. The van der Waals surface area contributed by atoms with Gasteiger partial charge in [0.15, 0.2) is 0 Å². The van der Waals surface area contributed by atoms with Crippen molar-refractivity contribution in [2.75, 3.05) is 18.0 Å². The molecule has 21 heavy (non-hydrogen) atoms. The lowest BCUT2D eigenvalue weighted by Gasteiger charge is -2.24. The van der Waals surface area contributed by atoms with Crippen LogP contribution in [0.3, 0.4) is 0 Å². The lowest BCUT2D eigenvalue weighted by atomic mass is 10.1. The number of anilines is 2. The van der Waals surface area contributed by atoms with Gasteiger partial charge in [0.2, 0.25) is 0 Å². The molecule has 0 fully saturated rings. The lowest BCUT2D eigenvalue weighted by molar-refractivity contribution is 0.625. The van der Waals surface area contributed by atoms with Crippen molar-refractivity contribution in [3.8, 4) is 0 Å². The summed E-state index contributed by atoms with van der Waals surface area (Å²) in [6, 6.07) is 13.2. The smallest absolute Gasteiger partial charge is 0.146 e. The molecular formula is C18H23FN2. The maximum Gasteiger partial charge on any atom is 0.146 e. The third kappa shape index (κ3) is 3.61. The zero-order chi connectivity index (χ0) is 15.2. The molecule has 0 atom stereocenters. The van der Waals surface area contributed by atoms with E-state index in [1.165, 1.54) is 17.2 Å². The predicted molar refractivity (Wildman–Crippen MR) is 87.6 cm³/mol. The maximum absolute atomic E-state index is 14.0. The van der Waals surface area contributed by atoms with E-state index in [1.807, 2.05) is 24.0 Å². The number of rotatable bonds is 6. The van der Waals surface area contributed by atoms with Crippen LogP contribution in [-0.4, -0.2) is 13.1 Å². The molecule has 0 aliphatic carbocycles. The van der Waals surface area contributed by atoms with E-state index in [0.29, 0.717) is 5.69 Å². The Morgan fingerprint density at radius 2 is 1.86 bits per heavy atom. The predicted octanol–water partition coefficient (Wildman–Crippen LogP) is 4.40. The van der Waals surface area contributed by atoms with Crippen molar-refractivity contribution in [2.24, 2.45) is 0 Å². The van der Waals surface area contributed by atoms with E-state index >= 15 is 0 Å². The second-order valence-electron chi connectivity index (χ2n) is 5.09. The van der Waals surface area contributed by atoms with Crippen LogP contribution in [0, 0.1) is 12.7 Å². The van der Waals surface area contributed by atoms with Gasteiger partial charge in [-0.1, -0.05) is 25.1 Å². The van der Waals surface area contributed by atoms with E-state index in [-0.39, 0.29) is 5.82 Å². The van der Waals surface area contributed by atoms with E-state index in [2.05, 4.69) is 37.4 Å².